The van der Waals surface area contributed by atoms with Crippen LogP contribution in [0.4, 0.5) is 20.2 Å². The van der Waals surface area contributed by atoms with Gasteiger partial charge in [0.25, 0.3) is 0 Å². The van der Waals surface area contributed by atoms with Gasteiger partial charge in [-0.05, 0) is 31.2 Å². The van der Waals surface area contributed by atoms with Gasteiger partial charge >= 0.3 is 0 Å². The molecule has 0 aliphatic carbocycles. The first-order valence-corrected chi connectivity index (χ1v) is 10.2. The number of amides is 1. The molecule has 0 aliphatic heterocycles. The lowest BCUT2D eigenvalue weighted by atomic mass is 10.2. The van der Waals surface area contributed by atoms with Crippen molar-refractivity contribution in [1.82, 2.24) is 14.8 Å². The molecule has 0 saturated heterocycles. The largest absolute Gasteiger partial charge is 0.378 e. The minimum absolute atomic E-state index is 0.00250. The van der Waals surface area contributed by atoms with Crippen molar-refractivity contribution < 1.29 is 13.6 Å². The summed E-state index contributed by atoms with van der Waals surface area (Å²) < 4.78 is 28.5. The molecular weight excluding hydrogens is 408 g/mol. The Morgan fingerprint density at radius 2 is 1.97 bits per heavy atom. The zero-order valence-corrected chi connectivity index (χ0v) is 17.2. The number of allylic oxidation sites excluding steroid dienone is 1. The van der Waals surface area contributed by atoms with Gasteiger partial charge in [0.05, 0.1) is 18.0 Å². The maximum absolute atomic E-state index is 13.7. The number of benzene rings is 2. The highest BCUT2D eigenvalue weighted by molar-refractivity contribution is 7.99. The standard InChI is InChI=1S/C21H21F2N5OS/c1-3-10-28-19(12-24-16-7-4-14(2)5-8-16)26-27-21(28)30-13-20(29)25-18-9-6-15(22)11-17(18)23/h3-9,11,24H,1,10,12-13H2,2H3,(H,25,29). The number of hydrogen-bond acceptors (Lipinski definition) is 5. The van der Waals surface area contributed by atoms with Gasteiger partial charge in [0.1, 0.15) is 11.6 Å². The second-order valence-electron chi connectivity index (χ2n) is 6.48. The van der Waals surface area contributed by atoms with Crippen LogP contribution < -0.4 is 10.6 Å². The van der Waals surface area contributed by atoms with Crippen molar-refractivity contribution >= 4 is 29.0 Å². The first-order chi connectivity index (χ1) is 14.5. The van der Waals surface area contributed by atoms with E-state index in [1.165, 1.54) is 23.4 Å². The van der Waals surface area contributed by atoms with Crippen LogP contribution in [-0.4, -0.2) is 26.4 Å². The predicted octanol–water partition coefficient (Wildman–Crippen LogP) is 4.39. The van der Waals surface area contributed by atoms with Gasteiger partial charge in [-0.3, -0.25) is 4.79 Å². The van der Waals surface area contributed by atoms with Gasteiger partial charge in [-0.2, -0.15) is 0 Å². The third-order valence-electron chi connectivity index (χ3n) is 4.14. The lowest BCUT2D eigenvalue weighted by Crippen LogP contribution is -2.16. The molecule has 1 heterocycles. The number of anilines is 2. The SMILES string of the molecule is C=CCn1c(CNc2ccc(C)cc2)nnc1SCC(=O)Nc1ccc(F)cc1F. The van der Waals surface area contributed by atoms with Crippen LogP contribution in [0, 0.1) is 18.6 Å². The topological polar surface area (TPSA) is 71.8 Å². The number of halogens is 2. The Balaban J connectivity index is 1.61. The van der Waals surface area contributed by atoms with Crippen molar-refractivity contribution in [2.24, 2.45) is 0 Å². The highest BCUT2D eigenvalue weighted by Gasteiger charge is 2.14. The molecule has 6 nitrogen and oxygen atoms in total. The summed E-state index contributed by atoms with van der Waals surface area (Å²) in [7, 11) is 0. The molecule has 0 spiro atoms. The highest BCUT2D eigenvalue weighted by Crippen LogP contribution is 2.20. The smallest absolute Gasteiger partial charge is 0.234 e. The number of aromatic nitrogens is 3. The molecule has 2 aromatic carbocycles. The minimum Gasteiger partial charge on any atom is -0.378 e. The zero-order valence-electron chi connectivity index (χ0n) is 16.4. The van der Waals surface area contributed by atoms with E-state index >= 15 is 0 Å². The van der Waals surface area contributed by atoms with E-state index in [4.69, 9.17) is 0 Å². The van der Waals surface area contributed by atoms with Crippen LogP contribution in [-0.2, 0) is 17.9 Å². The molecule has 1 aromatic heterocycles. The van der Waals surface area contributed by atoms with Crippen molar-refractivity contribution in [3.05, 3.63) is 78.1 Å². The zero-order chi connectivity index (χ0) is 21.5. The number of nitrogens with zero attached hydrogens (tertiary/aromatic N) is 3. The Morgan fingerprint density at radius 1 is 1.20 bits per heavy atom. The fourth-order valence-electron chi connectivity index (χ4n) is 2.63. The average Bonchev–Trinajstić information content (AvgIpc) is 3.10. The van der Waals surface area contributed by atoms with Gasteiger partial charge in [-0.1, -0.05) is 35.5 Å². The van der Waals surface area contributed by atoms with E-state index in [2.05, 4.69) is 27.4 Å². The van der Waals surface area contributed by atoms with Gasteiger partial charge in [-0.25, -0.2) is 8.78 Å². The monoisotopic (exact) mass is 429 g/mol. The summed E-state index contributed by atoms with van der Waals surface area (Å²) in [5.41, 5.74) is 2.06. The normalized spacial score (nSPS) is 10.6. The summed E-state index contributed by atoms with van der Waals surface area (Å²) in [5.74, 6) is -1.27. The molecule has 30 heavy (non-hydrogen) atoms. The number of carbonyl (C=O) groups is 1. The van der Waals surface area contributed by atoms with E-state index in [1.807, 2.05) is 35.8 Å². The molecule has 0 saturated carbocycles. The molecule has 2 N–H and O–H groups in total. The number of aryl methyl sites for hydroxylation is 1. The van der Waals surface area contributed by atoms with Gasteiger partial charge in [-0.15, -0.1) is 16.8 Å². The van der Waals surface area contributed by atoms with Crippen LogP contribution in [0.3, 0.4) is 0 Å². The highest BCUT2D eigenvalue weighted by atomic mass is 32.2. The Hall–Kier alpha value is -3.20. The summed E-state index contributed by atoms with van der Waals surface area (Å²) in [6.45, 7) is 6.71. The Kier molecular flexibility index (Phi) is 7.18. The van der Waals surface area contributed by atoms with Crippen molar-refractivity contribution in [2.75, 3.05) is 16.4 Å². The molecule has 0 bridgehead atoms. The molecule has 9 heteroatoms. The number of carbonyl (C=O) groups excluding carboxylic acids is 1. The fraction of sp³-hybridized carbons (Fsp3) is 0.190. The third kappa shape index (κ3) is 5.66. The first kappa shape index (κ1) is 21.5. The van der Waals surface area contributed by atoms with Crippen molar-refractivity contribution in [2.45, 2.75) is 25.2 Å². The number of nitrogens with one attached hydrogen (secondary N) is 2. The predicted molar refractivity (Wildman–Crippen MR) is 114 cm³/mol. The first-order valence-electron chi connectivity index (χ1n) is 9.17. The molecule has 0 fully saturated rings. The van der Waals surface area contributed by atoms with Crippen LogP contribution in [0.2, 0.25) is 0 Å². The number of thioether (sulfide) groups is 1. The minimum atomic E-state index is -0.826. The molecule has 0 unspecified atom stereocenters. The summed E-state index contributed by atoms with van der Waals surface area (Å²) in [6, 6.07) is 11.0. The van der Waals surface area contributed by atoms with E-state index in [-0.39, 0.29) is 11.4 Å². The maximum Gasteiger partial charge on any atom is 0.234 e. The van der Waals surface area contributed by atoms with Crippen molar-refractivity contribution in [3.8, 4) is 0 Å². The number of hydrogen-bond donors (Lipinski definition) is 2. The summed E-state index contributed by atoms with van der Waals surface area (Å²) in [5, 5.41) is 14.6. The molecule has 0 radical (unpaired) electrons. The van der Waals surface area contributed by atoms with Crippen LogP contribution in [0.25, 0.3) is 0 Å². The van der Waals surface area contributed by atoms with E-state index in [0.29, 0.717) is 24.1 Å². The van der Waals surface area contributed by atoms with E-state index in [0.717, 1.165) is 17.8 Å². The molecule has 3 aromatic rings. The lowest BCUT2D eigenvalue weighted by molar-refractivity contribution is -0.113. The maximum atomic E-state index is 13.7. The third-order valence-corrected chi connectivity index (χ3v) is 5.11. The van der Waals surface area contributed by atoms with Crippen LogP contribution >= 0.6 is 11.8 Å². The quantitative estimate of drug-likeness (QED) is 0.390. The van der Waals surface area contributed by atoms with Gasteiger partial charge in [0.2, 0.25) is 5.91 Å². The van der Waals surface area contributed by atoms with Crippen molar-refractivity contribution in [3.63, 3.8) is 0 Å². The summed E-state index contributed by atoms with van der Waals surface area (Å²) in [4.78, 5) is 12.2. The summed E-state index contributed by atoms with van der Waals surface area (Å²) >= 11 is 1.17. The Bertz CT molecular complexity index is 1040. The van der Waals surface area contributed by atoms with Gasteiger partial charge < -0.3 is 15.2 Å². The summed E-state index contributed by atoms with van der Waals surface area (Å²) in [6.07, 6.45) is 1.72. The fourth-order valence-corrected chi connectivity index (χ4v) is 3.40. The molecular formula is C21H21F2N5OS. The van der Waals surface area contributed by atoms with Crippen LogP contribution in [0.5, 0.6) is 0 Å². The van der Waals surface area contributed by atoms with Gasteiger partial charge in [0.15, 0.2) is 11.0 Å². The second-order valence-corrected chi connectivity index (χ2v) is 7.42. The van der Waals surface area contributed by atoms with E-state index < -0.39 is 17.5 Å². The van der Waals surface area contributed by atoms with E-state index in [1.54, 1.807) is 6.08 Å². The molecule has 3 rings (SSSR count). The van der Waals surface area contributed by atoms with Crippen molar-refractivity contribution in [1.29, 1.82) is 0 Å². The lowest BCUT2D eigenvalue weighted by Gasteiger charge is -2.10. The van der Waals surface area contributed by atoms with Crippen LogP contribution in [0.15, 0.2) is 60.3 Å². The molecule has 0 aliphatic rings. The Morgan fingerprint density at radius 3 is 2.67 bits per heavy atom. The molecule has 156 valence electrons. The van der Waals surface area contributed by atoms with Gasteiger partial charge in [0, 0.05) is 18.3 Å². The second kappa shape index (κ2) is 10.0. The Labute approximate surface area is 177 Å². The van der Waals surface area contributed by atoms with E-state index in [9.17, 15) is 13.6 Å². The van der Waals surface area contributed by atoms with Crippen LogP contribution in [0.1, 0.15) is 11.4 Å². The number of rotatable bonds is 9. The molecule has 1 amide bonds. The average molecular weight is 429 g/mol. The molecule has 0 atom stereocenters.